The quantitative estimate of drug-likeness (QED) is 0.685. The predicted octanol–water partition coefficient (Wildman–Crippen LogP) is 3.56. The number of rotatable bonds is 4. The molecule has 0 bridgehead atoms. The Bertz CT molecular complexity index is 760. The van der Waals surface area contributed by atoms with Crippen LogP contribution in [0.25, 0.3) is 11.5 Å². The van der Waals surface area contributed by atoms with Gasteiger partial charge in [-0.05, 0) is 38.1 Å². The summed E-state index contributed by atoms with van der Waals surface area (Å²) in [7, 11) is 0. The molecule has 112 valence electrons. The van der Waals surface area contributed by atoms with Crippen molar-refractivity contribution in [2.75, 3.05) is 0 Å². The Labute approximate surface area is 126 Å². The molecule has 0 spiro atoms. The van der Waals surface area contributed by atoms with E-state index in [0.29, 0.717) is 5.89 Å². The summed E-state index contributed by atoms with van der Waals surface area (Å²) in [5.74, 6) is 0.170. The van der Waals surface area contributed by atoms with Crippen LogP contribution in [0, 0.1) is 6.92 Å². The van der Waals surface area contributed by atoms with E-state index in [1.807, 2.05) is 31.2 Å². The van der Waals surface area contributed by atoms with Crippen LogP contribution in [0.15, 0.2) is 51.5 Å². The number of hydrogen-bond donors (Lipinski definition) is 0. The van der Waals surface area contributed by atoms with Crippen molar-refractivity contribution in [3.8, 4) is 11.5 Å². The highest BCUT2D eigenvalue weighted by atomic mass is 16.6. The van der Waals surface area contributed by atoms with Crippen molar-refractivity contribution >= 4 is 5.97 Å². The molecule has 0 radical (unpaired) electrons. The number of esters is 1. The molecule has 0 saturated carbocycles. The first kappa shape index (κ1) is 14.1. The number of aromatic nitrogens is 2. The van der Waals surface area contributed by atoms with Crippen LogP contribution in [-0.2, 0) is 4.74 Å². The summed E-state index contributed by atoms with van der Waals surface area (Å²) in [5, 5.41) is 7.90. The fraction of sp³-hybridized carbons (Fsp3) is 0.188. The summed E-state index contributed by atoms with van der Waals surface area (Å²) in [6.07, 6.45) is 0.744. The first-order valence-electron chi connectivity index (χ1n) is 6.78. The van der Waals surface area contributed by atoms with Gasteiger partial charge in [-0.1, -0.05) is 17.7 Å². The Kier molecular flexibility index (Phi) is 3.74. The van der Waals surface area contributed by atoms with Crippen molar-refractivity contribution in [3.05, 3.63) is 59.9 Å². The van der Waals surface area contributed by atoms with E-state index in [2.05, 4.69) is 10.2 Å². The number of aryl methyl sites for hydroxylation is 1. The average molecular weight is 298 g/mol. The summed E-state index contributed by atoms with van der Waals surface area (Å²) in [5.41, 5.74) is 1.96. The third-order valence-corrected chi connectivity index (χ3v) is 3.09. The molecule has 0 aliphatic heterocycles. The maximum atomic E-state index is 11.8. The predicted molar refractivity (Wildman–Crippen MR) is 77.0 cm³/mol. The van der Waals surface area contributed by atoms with Gasteiger partial charge in [0.25, 0.3) is 5.89 Å². The largest absolute Gasteiger partial charge is 0.457 e. The zero-order valence-electron chi connectivity index (χ0n) is 12.1. The van der Waals surface area contributed by atoms with E-state index in [-0.39, 0.29) is 11.7 Å². The van der Waals surface area contributed by atoms with Crippen LogP contribution in [0.2, 0.25) is 0 Å². The molecule has 6 nitrogen and oxygen atoms in total. The lowest BCUT2D eigenvalue weighted by Gasteiger charge is -2.07. The van der Waals surface area contributed by atoms with E-state index < -0.39 is 12.1 Å². The van der Waals surface area contributed by atoms with Crippen LogP contribution in [-0.4, -0.2) is 16.2 Å². The van der Waals surface area contributed by atoms with Gasteiger partial charge in [0, 0.05) is 5.56 Å². The highest BCUT2D eigenvalue weighted by Gasteiger charge is 2.21. The van der Waals surface area contributed by atoms with Gasteiger partial charge in [0.2, 0.25) is 11.7 Å². The van der Waals surface area contributed by atoms with Gasteiger partial charge in [0.15, 0.2) is 6.10 Å². The molecule has 0 saturated heterocycles. The second-order valence-electron chi connectivity index (χ2n) is 4.84. The number of ether oxygens (including phenoxy) is 1. The lowest BCUT2D eigenvalue weighted by molar-refractivity contribution is 0.0244. The Morgan fingerprint density at radius 1 is 1.18 bits per heavy atom. The molecule has 0 amide bonds. The average Bonchev–Trinajstić information content (AvgIpc) is 3.20. The van der Waals surface area contributed by atoms with Crippen LogP contribution >= 0.6 is 0 Å². The third kappa shape index (κ3) is 2.90. The number of carbonyl (C=O) groups excluding carboxylic acids is 1. The molecule has 0 aliphatic rings. The van der Waals surface area contributed by atoms with Gasteiger partial charge in [0.1, 0.15) is 0 Å². The highest BCUT2D eigenvalue weighted by Crippen LogP contribution is 2.23. The molecule has 0 aliphatic carbocycles. The zero-order chi connectivity index (χ0) is 15.5. The Hall–Kier alpha value is -2.89. The van der Waals surface area contributed by atoms with E-state index in [4.69, 9.17) is 13.6 Å². The summed E-state index contributed by atoms with van der Waals surface area (Å²) < 4.78 is 15.8. The third-order valence-electron chi connectivity index (χ3n) is 3.09. The van der Waals surface area contributed by atoms with Gasteiger partial charge in [-0.2, -0.15) is 0 Å². The van der Waals surface area contributed by atoms with Gasteiger partial charge in [-0.3, -0.25) is 0 Å². The second kappa shape index (κ2) is 5.85. The maximum absolute atomic E-state index is 11.8. The molecule has 1 aromatic carbocycles. The van der Waals surface area contributed by atoms with Gasteiger partial charge in [-0.25, -0.2) is 4.79 Å². The van der Waals surface area contributed by atoms with Crippen LogP contribution in [0.5, 0.6) is 0 Å². The lowest BCUT2D eigenvalue weighted by Crippen LogP contribution is -2.08. The van der Waals surface area contributed by atoms with Crippen molar-refractivity contribution < 1.29 is 18.4 Å². The van der Waals surface area contributed by atoms with E-state index in [1.54, 1.807) is 13.0 Å². The molecule has 0 unspecified atom stereocenters. The molecule has 3 aromatic rings. The van der Waals surface area contributed by atoms with Gasteiger partial charge in [-0.15, -0.1) is 10.2 Å². The van der Waals surface area contributed by atoms with Crippen LogP contribution < -0.4 is 0 Å². The molecule has 1 atom stereocenters. The van der Waals surface area contributed by atoms with Gasteiger partial charge in [0.05, 0.1) is 6.26 Å². The number of benzene rings is 1. The van der Waals surface area contributed by atoms with Crippen LogP contribution in [0.3, 0.4) is 0 Å². The molecule has 2 aromatic heterocycles. The summed E-state index contributed by atoms with van der Waals surface area (Å²) in [6.45, 7) is 3.66. The Morgan fingerprint density at radius 2 is 1.95 bits per heavy atom. The molecule has 22 heavy (non-hydrogen) atoms. The highest BCUT2D eigenvalue weighted by molar-refractivity contribution is 5.86. The monoisotopic (exact) mass is 298 g/mol. The normalized spacial score (nSPS) is 12.1. The van der Waals surface area contributed by atoms with Crippen LogP contribution in [0.4, 0.5) is 0 Å². The summed E-state index contributed by atoms with van der Waals surface area (Å²) in [6, 6.07) is 10.8. The van der Waals surface area contributed by atoms with E-state index in [1.165, 1.54) is 12.3 Å². The molecular formula is C16H14N2O4. The standard InChI is InChI=1S/C16H14N2O4/c1-10-5-7-12(8-6-10)15-18-17-14(22-15)11(2)21-16(19)13-4-3-9-20-13/h3-9,11H,1-2H3/t11-/m0/s1. The van der Waals surface area contributed by atoms with Crippen molar-refractivity contribution in [3.63, 3.8) is 0 Å². The Morgan fingerprint density at radius 3 is 2.64 bits per heavy atom. The second-order valence-corrected chi connectivity index (χ2v) is 4.84. The first-order chi connectivity index (χ1) is 10.6. The molecular weight excluding hydrogens is 284 g/mol. The number of furan rings is 1. The van der Waals surface area contributed by atoms with E-state index in [9.17, 15) is 4.79 Å². The van der Waals surface area contributed by atoms with E-state index >= 15 is 0 Å². The molecule has 2 heterocycles. The van der Waals surface area contributed by atoms with Crippen LogP contribution in [0.1, 0.15) is 35.0 Å². The van der Waals surface area contributed by atoms with Crippen molar-refractivity contribution in [2.45, 2.75) is 20.0 Å². The fourth-order valence-electron chi connectivity index (χ4n) is 1.88. The Balaban J connectivity index is 1.73. The minimum absolute atomic E-state index is 0.130. The minimum atomic E-state index is -0.663. The molecule has 3 rings (SSSR count). The first-order valence-corrected chi connectivity index (χ1v) is 6.78. The van der Waals surface area contributed by atoms with Crippen molar-refractivity contribution in [2.24, 2.45) is 0 Å². The minimum Gasteiger partial charge on any atom is -0.457 e. The maximum Gasteiger partial charge on any atom is 0.374 e. The number of nitrogens with zero attached hydrogens (tertiary/aromatic N) is 2. The van der Waals surface area contributed by atoms with Crippen molar-refractivity contribution in [1.82, 2.24) is 10.2 Å². The lowest BCUT2D eigenvalue weighted by atomic mass is 10.1. The summed E-state index contributed by atoms with van der Waals surface area (Å²) >= 11 is 0. The van der Waals surface area contributed by atoms with E-state index in [0.717, 1.165) is 11.1 Å². The SMILES string of the molecule is Cc1ccc(-c2nnc([C@H](C)OC(=O)c3ccco3)o2)cc1. The summed E-state index contributed by atoms with van der Waals surface area (Å²) in [4.78, 5) is 11.8. The molecule has 0 fully saturated rings. The van der Waals surface area contributed by atoms with Gasteiger partial charge >= 0.3 is 5.97 Å². The topological polar surface area (TPSA) is 78.4 Å². The van der Waals surface area contributed by atoms with Crippen molar-refractivity contribution in [1.29, 1.82) is 0 Å². The fourth-order valence-corrected chi connectivity index (χ4v) is 1.88. The number of hydrogen-bond acceptors (Lipinski definition) is 6. The van der Waals surface area contributed by atoms with Gasteiger partial charge < -0.3 is 13.6 Å². The number of carbonyl (C=O) groups is 1. The zero-order valence-corrected chi connectivity index (χ0v) is 12.1. The molecule has 0 N–H and O–H groups in total. The smallest absolute Gasteiger partial charge is 0.374 e. The molecule has 6 heteroatoms.